The van der Waals surface area contributed by atoms with Crippen molar-refractivity contribution in [3.8, 4) is 5.75 Å². The summed E-state index contributed by atoms with van der Waals surface area (Å²) in [5.74, 6) is 0.858. The first-order chi connectivity index (χ1) is 9.66. The van der Waals surface area contributed by atoms with Gasteiger partial charge in [0.15, 0.2) is 5.54 Å². The molecule has 1 fully saturated rings. The van der Waals surface area contributed by atoms with Crippen molar-refractivity contribution >= 4 is 5.97 Å². The Hall–Kier alpha value is -1.55. The lowest BCUT2D eigenvalue weighted by atomic mass is 9.94. The molecule has 4 nitrogen and oxygen atoms in total. The Morgan fingerprint density at radius 1 is 1.45 bits per heavy atom. The molecule has 1 aliphatic carbocycles. The summed E-state index contributed by atoms with van der Waals surface area (Å²) in [6, 6.07) is 7.98. The summed E-state index contributed by atoms with van der Waals surface area (Å²) in [6.07, 6.45) is 3.04. The fourth-order valence-electron chi connectivity index (χ4n) is 2.53. The first kappa shape index (κ1) is 14.9. The van der Waals surface area contributed by atoms with E-state index < -0.39 is 5.54 Å². The summed E-state index contributed by atoms with van der Waals surface area (Å²) in [6.45, 7) is 2.41. The second-order valence-electron chi connectivity index (χ2n) is 5.28. The summed E-state index contributed by atoms with van der Waals surface area (Å²) in [5.41, 5.74) is 0.499. The maximum absolute atomic E-state index is 12.1. The van der Waals surface area contributed by atoms with Gasteiger partial charge in [-0.15, -0.1) is 0 Å². The Morgan fingerprint density at radius 3 is 2.75 bits per heavy atom. The van der Waals surface area contributed by atoms with Crippen molar-refractivity contribution in [1.82, 2.24) is 5.32 Å². The molecule has 0 heterocycles. The van der Waals surface area contributed by atoms with Crippen LogP contribution in [0.25, 0.3) is 0 Å². The van der Waals surface area contributed by atoms with Crippen LogP contribution in [0.3, 0.4) is 0 Å². The molecule has 1 saturated carbocycles. The molecule has 0 amide bonds. The van der Waals surface area contributed by atoms with Gasteiger partial charge in [-0.2, -0.15) is 0 Å². The number of ether oxygens (including phenoxy) is 2. The van der Waals surface area contributed by atoms with Crippen LogP contribution in [0, 0.1) is 5.92 Å². The number of rotatable bonds is 7. The second-order valence-corrected chi connectivity index (χ2v) is 5.28. The van der Waals surface area contributed by atoms with Crippen LogP contribution in [0.5, 0.6) is 5.75 Å². The molecular formula is C16H23NO3. The van der Waals surface area contributed by atoms with Gasteiger partial charge in [0.1, 0.15) is 12.4 Å². The van der Waals surface area contributed by atoms with E-state index in [1.54, 1.807) is 7.05 Å². The van der Waals surface area contributed by atoms with Crippen LogP contribution < -0.4 is 10.1 Å². The van der Waals surface area contributed by atoms with Gasteiger partial charge in [0.05, 0.1) is 7.11 Å². The van der Waals surface area contributed by atoms with Crippen LogP contribution in [-0.4, -0.2) is 32.3 Å². The largest absolute Gasteiger partial charge is 0.491 e. The number of carbonyl (C=O) groups excluding carboxylic acids is 1. The standard InChI is InChI=1S/C16H23NO3/c1-4-12-6-5-7-14(10-12)20-11-16(17-2,13-8-9-13)15(18)19-3/h5-7,10,13,17H,4,8-9,11H2,1-3H3. The number of nitrogens with one attached hydrogen (secondary N) is 1. The van der Waals surface area contributed by atoms with E-state index in [1.165, 1.54) is 12.7 Å². The molecule has 0 bridgehead atoms. The summed E-state index contributed by atoms with van der Waals surface area (Å²) >= 11 is 0. The van der Waals surface area contributed by atoms with Crippen molar-refractivity contribution in [1.29, 1.82) is 0 Å². The number of hydrogen-bond donors (Lipinski definition) is 1. The maximum Gasteiger partial charge on any atom is 0.329 e. The zero-order valence-electron chi connectivity index (χ0n) is 12.4. The van der Waals surface area contributed by atoms with Crippen molar-refractivity contribution in [3.63, 3.8) is 0 Å². The quantitative estimate of drug-likeness (QED) is 0.776. The third kappa shape index (κ3) is 2.96. The first-order valence-corrected chi connectivity index (χ1v) is 7.15. The molecule has 0 aliphatic heterocycles. The van der Waals surface area contributed by atoms with Crippen molar-refractivity contribution < 1.29 is 14.3 Å². The number of carbonyl (C=O) groups is 1. The number of esters is 1. The molecule has 4 heteroatoms. The molecule has 0 saturated heterocycles. The minimum atomic E-state index is -0.725. The van der Waals surface area contributed by atoms with Gasteiger partial charge in [0, 0.05) is 0 Å². The molecule has 110 valence electrons. The molecule has 1 N–H and O–H groups in total. The molecular weight excluding hydrogens is 254 g/mol. The molecule has 2 rings (SSSR count). The Balaban J connectivity index is 2.10. The fourth-order valence-corrected chi connectivity index (χ4v) is 2.53. The van der Waals surface area contributed by atoms with E-state index in [4.69, 9.17) is 9.47 Å². The lowest BCUT2D eigenvalue weighted by molar-refractivity contribution is -0.151. The molecule has 1 aromatic carbocycles. The lowest BCUT2D eigenvalue weighted by Gasteiger charge is -2.30. The zero-order valence-corrected chi connectivity index (χ0v) is 12.4. The molecule has 20 heavy (non-hydrogen) atoms. The number of methoxy groups -OCH3 is 1. The number of hydrogen-bond acceptors (Lipinski definition) is 4. The normalized spacial score (nSPS) is 17.4. The van der Waals surface area contributed by atoms with Crippen LogP contribution >= 0.6 is 0 Å². The van der Waals surface area contributed by atoms with Crippen LogP contribution in [0.4, 0.5) is 0 Å². The highest BCUT2D eigenvalue weighted by atomic mass is 16.5. The SMILES string of the molecule is CCc1cccc(OCC(NC)(C(=O)OC)C2CC2)c1. The minimum Gasteiger partial charge on any atom is -0.491 e. The number of aryl methyl sites for hydroxylation is 1. The van der Waals surface area contributed by atoms with Gasteiger partial charge in [-0.25, -0.2) is 4.79 Å². The van der Waals surface area contributed by atoms with Gasteiger partial charge in [-0.05, 0) is 49.9 Å². The smallest absolute Gasteiger partial charge is 0.329 e. The van der Waals surface area contributed by atoms with Crippen LogP contribution in [-0.2, 0) is 16.0 Å². The maximum atomic E-state index is 12.1. The van der Waals surface area contributed by atoms with Gasteiger partial charge in [-0.1, -0.05) is 19.1 Å². The molecule has 1 atom stereocenters. The van der Waals surface area contributed by atoms with Gasteiger partial charge < -0.3 is 14.8 Å². The number of likely N-dealkylation sites (N-methyl/N-ethyl adjacent to an activating group) is 1. The van der Waals surface area contributed by atoms with Crippen LogP contribution in [0.1, 0.15) is 25.3 Å². The van der Waals surface area contributed by atoms with Crippen LogP contribution in [0.15, 0.2) is 24.3 Å². The van der Waals surface area contributed by atoms with E-state index in [0.717, 1.165) is 25.0 Å². The summed E-state index contributed by atoms with van der Waals surface area (Å²) < 4.78 is 10.8. The van der Waals surface area contributed by atoms with Crippen molar-refractivity contribution in [2.75, 3.05) is 20.8 Å². The summed E-state index contributed by atoms with van der Waals surface area (Å²) in [5, 5.41) is 3.13. The van der Waals surface area contributed by atoms with Crippen molar-refractivity contribution in [2.45, 2.75) is 31.7 Å². The molecule has 0 aromatic heterocycles. The second kappa shape index (κ2) is 6.27. The van der Waals surface area contributed by atoms with Gasteiger partial charge in [-0.3, -0.25) is 0 Å². The van der Waals surface area contributed by atoms with Crippen molar-refractivity contribution in [2.24, 2.45) is 5.92 Å². The summed E-state index contributed by atoms with van der Waals surface area (Å²) in [4.78, 5) is 12.1. The molecule has 0 spiro atoms. The van der Waals surface area contributed by atoms with E-state index in [1.807, 2.05) is 18.2 Å². The first-order valence-electron chi connectivity index (χ1n) is 7.15. The third-order valence-corrected chi connectivity index (χ3v) is 4.04. The zero-order chi connectivity index (χ0) is 14.6. The van der Waals surface area contributed by atoms with Gasteiger partial charge >= 0.3 is 5.97 Å². The monoisotopic (exact) mass is 277 g/mol. The Morgan fingerprint density at radius 2 is 2.20 bits per heavy atom. The van der Waals surface area contributed by atoms with E-state index >= 15 is 0 Å². The predicted molar refractivity (Wildman–Crippen MR) is 77.8 cm³/mol. The topological polar surface area (TPSA) is 47.6 Å². The molecule has 0 radical (unpaired) electrons. The molecule has 1 aromatic rings. The van der Waals surface area contributed by atoms with Gasteiger partial charge in [0.25, 0.3) is 0 Å². The predicted octanol–water partition coefficient (Wildman–Crippen LogP) is 2.17. The Kier molecular flexibility index (Phi) is 4.65. The highest BCUT2D eigenvalue weighted by Crippen LogP contribution is 2.40. The molecule has 1 aliphatic rings. The van der Waals surface area contributed by atoms with E-state index in [-0.39, 0.29) is 5.97 Å². The summed E-state index contributed by atoms with van der Waals surface area (Å²) in [7, 11) is 3.22. The third-order valence-electron chi connectivity index (χ3n) is 4.04. The lowest BCUT2D eigenvalue weighted by Crippen LogP contribution is -2.57. The Labute approximate surface area is 120 Å². The van der Waals surface area contributed by atoms with Crippen LogP contribution in [0.2, 0.25) is 0 Å². The Bertz CT molecular complexity index is 471. The van der Waals surface area contributed by atoms with Crippen molar-refractivity contribution in [3.05, 3.63) is 29.8 Å². The average Bonchev–Trinajstić information content (AvgIpc) is 3.33. The number of benzene rings is 1. The highest BCUT2D eigenvalue weighted by Gasteiger charge is 2.51. The molecule has 1 unspecified atom stereocenters. The minimum absolute atomic E-state index is 0.242. The highest BCUT2D eigenvalue weighted by molar-refractivity contribution is 5.82. The van der Waals surface area contributed by atoms with E-state index in [0.29, 0.717) is 12.5 Å². The average molecular weight is 277 g/mol. The van der Waals surface area contributed by atoms with E-state index in [2.05, 4.69) is 18.3 Å². The van der Waals surface area contributed by atoms with E-state index in [9.17, 15) is 4.79 Å². The van der Waals surface area contributed by atoms with Gasteiger partial charge in [0.2, 0.25) is 0 Å². The fraction of sp³-hybridized carbons (Fsp3) is 0.562.